The molecule has 0 saturated carbocycles. The van der Waals surface area contributed by atoms with Crippen LogP contribution in [0.1, 0.15) is 30.1 Å². The fourth-order valence-electron chi connectivity index (χ4n) is 1.20. The molecule has 0 bridgehead atoms. The summed E-state index contributed by atoms with van der Waals surface area (Å²) >= 11 is 0. The molecule has 0 atom stereocenters. The van der Waals surface area contributed by atoms with Gasteiger partial charge in [0.1, 0.15) is 5.75 Å². The predicted octanol–water partition coefficient (Wildman–Crippen LogP) is 2.04. The van der Waals surface area contributed by atoms with Crippen molar-refractivity contribution in [2.24, 2.45) is 0 Å². The summed E-state index contributed by atoms with van der Waals surface area (Å²) in [6.07, 6.45) is 1.14. The van der Waals surface area contributed by atoms with Crippen LogP contribution < -0.4 is 4.74 Å². The van der Waals surface area contributed by atoms with Gasteiger partial charge in [-0.3, -0.25) is 4.79 Å². The molecule has 0 aliphatic carbocycles. The molecule has 0 aromatic heterocycles. The van der Waals surface area contributed by atoms with E-state index < -0.39 is 0 Å². The summed E-state index contributed by atoms with van der Waals surface area (Å²) in [6, 6.07) is 7.01. The number of carbonyl (C=O) groups is 1. The monoisotopic (exact) mass is 208 g/mol. The molecule has 0 saturated heterocycles. The van der Waals surface area contributed by atoms with Gasteiger partial charge >= 0.3 is 0 Å². The number of aliphatic hydroxyl groups is 1. The van der Waals surface area contributed by atoms with Gasteiger partial charge < -0.3 is 9.84 Å². The van der Waals surface area contributed by atoms with Gasteiger partial charge in [-0.2, -0.15) is 0 Å². The second-order valence-electron chi connectivity index (χ2n) is 3.27. The van der Waals surface area contributed by atoms with Gasteiger partial charge in [-0.05, 0) is 30.7 Å². The fraction of sp³-hybridized carbons (Fsp3) is 0.417. The van der Waals surface area contributed by atoms with Gasteiger partial charge in [0.2, 0.25) is 0 Å². The van der Waals surface area contributed by atoms with Gasteiger partial charge in [0.05, 0.1) is 13.2 Å². The van der Waals surface area contributed by atoms with Crippen molar-refractivity contribution in [2.75, 3.05) is 13.2 Å². The summed E-state index contributed by atoms with van der Waals surface area (Å²) in [4.78, 5) is 11.4. The van der Waals surface area contributed by atoms with Gasteiger partial charge in [0, 0.05) is 12.0 Å². The molecule has 1 N–H and O–H groups in total. The van der Waals surface area contributed by atoms with E-state index in [0.29, 0.717) is 12.2 Å². The zero-order valence-electron chi connectivity index (χ0n) is 8.90. The van der Waals surface area contributed by atoms with Crippen LogP contribution in [-0.2, 0) is 0 Å². The van der Waals surface area contributed by atoms with Crippen molar-refractivity contribution in [3.63, 3.8) is 0 Å². The summed E-state index contributed by atoms with van der Waals surface area (Å²) in [7, 11) is 0. The average molecular weight is 208 g/mol. The van der Waals surface area contributed by atoms with E-state index in [2.05, 4.69) is 0 Å². The maximum Gasteiger partial charge on any atom is 0.165 e. The lowest BCUT2D eigenvalue weighted by Gasteiger charge is -2.04. The van der Waals surface area contributed by atoms with Gasteiger partial charge in [0.15, 0.2) is 5.78 Å². The summed E-state index contributed by atoms with van der Waals surface area (Å²) < 4.78 is 5.39. The molecule has 0 spiro atoms. The highest BCUT2D eigenvalue weighted by molar-refractivity contribution is 5.96. The Hall–Kier alpha value is -1.35. The number of ketones is 1. The van der Waals surface area contributed by atoms with Crippen molar-refractivity contribution >= 4 is 5.78 Å². The Balaban J connectivity index is 2.59. The third-order valence-corrected chi connectivity index (χ3v) is 1.99. The van der Waals surface area contributed by atoms with Gasteiger partial charge in [-0.25, -0.2) is 0 Å². The standard InChI is InChI=1S/C12H16O3/c1-2-9-15-11-5-3-10(4-6-11)12(14)7-8-13/h3-6,13H,2,7-9H2,1H3. The Morgan fingerprint density at radius 2 is 2.00 bits per heavy atom. The normalized spacial score (nSPS) is 10.0. The van der Waals surface area contributed by atoms with E-state index in [1.54, 1.807) is 24.3 Å². The molecule has 1 rings (SSSR count). The molecule has 0 fully saturated rings. The third-order valence-electron chi connectivity index (χ3n) is 1.99. The van der Waals surface area contributed by atoms with Gasteiger partial charge in [0.25, 0.3) is 0 Å². The number of hydrogen-bond acceptors (Lipinski definition) is 3. The van der Waals surface area contributed by atoms with Crippen LogP contribution in [0.2, 0.25) is 0 Å². The first-order valence-corrected chi connectivity index (χ1v) is 5.15. The smallest absolute Gasteiger partial charge is 0.165 e. The number of Topliss-reactive ketones (excluding diaryl/α,β-unsaturated/α-hetero) is 1. The van der Waals surface area contributed by atoms with Crippen molar-refractivity contribution in [1.82, 2.24) is 0 Å². The van der Waals surface area contributed by atoms with Crippen molar-refractivity contribution in [2.45, 2.75) is 19.8 Å². The Morgan fingerprint density at radius 3 is 2.53 bits per heavy atom. The highest BCUT2D eigenvalue weighted by atomic mass is 16.5. The van der Waals surface area contributed by atoms with E-state index in [9.17, 15) is 4.79 Å². The maximum absolute atomic E-state index is 11.4. The molecule has 0 heterocycles. The van der Waals surface area contributed by atoms with Crippen LogP contribution in [0.3, 0.4) is 0 Å². The number of ether oxygens (including phenoxy) is 1. The van der Waals surface area contributed by atoms with Gasteiger partial charge in [-0.1, -0.05) is 6.92 Å². The van der Waals surface area contributed by atoms with Crippen molar-refractivity contribution in [3.05, 3.63) is 29.8 Å². The lowest BCUT2D eigenvalue weighted by Crippen LogP contribution is -2.02. The van der Waals surface area contributed by atoms with E-state index in [0.717, 1.165) is 12.2 Å². The molecule has 1 aromatic carbocycles. The topological polar surface area (TPSA) is 46.5 Å². The van der Waals surface area contributed by atoms with Crippen molar-refractivity contribution in [3.8, 4) is 5.75 Å². The highest BCUT2D eigenvalue weighted by Crippen LogP contribution is 2.13. The lowest BCUT2D eigenvalue weighted by molar-refractivity contribution is 0.0956. The minimum atomic E-state index is -0.104. The summed E-state index contributed by atoms with van der Waals surface area (Å²) in [5, 5.41) is 8.62. The molecule has 3 nitrogen and oxygen atoms in total. The summed E-state index contributed by atoms with van der Waals surface area (Å²) in [6.45, 7) is 2.62. The van der Waals surface area contributed by atoms with Crippen LogP contribution in [-0.4, -0.2) is 24.1 Å². The van der Waals surface area contributed by atoms with Crippen LogP contribution in [0.5, 0.6) is 5.75 Å². The first kappa shape index (κ1) is 11.7. The molecular formula is C12H16O3. The molecule has 0 amide bonds. The van der Waals surface area contributed by atoms with Crippen LogP contribution >= 0.6 is 0 Å². The molecular weight excluding hydrogens is 192 g/mol. The van der Waals surface area contributed by atoms with Crippen LogP contribution in [0.25, 0.3) is 0 Å². The van der Waals surface area contributed by atoms with Crippen LogP contribution in [0, 0.1) is 0 Å². The summed E-state index contributed by atoms with van der Waals surface area (Å²) in [5.41, 5.74) is 0.618. The SMILES string of the molecule is CCCOc1ccc(C(=O)CCO)cc1. The Labute approximate surface area is 89.7 Å². The largest absolute Gasteiger partial charge is 0.494 e. The molecule has 1 aromatic rings. The molecule has 0 aliphatic rings. The maximum atomic E-state index is 11.4. The number of aliphatic hydroxyl groups excluding tert-OH is 1. The van der Waals surface area contributed by atoms with E-state index >= 15 is 0 Å². The highest BCUT2D eigenvalue weighted by Gasteiger charge is 2.04. The Bertz CT molecular complexity index is 303. The second kappa shape index (κ2) is 6.19. The Morgan fingerprint density at radius 1 is 1.33 bits per heavy atom. The number of benzene rings is 1. The molecule has 0 aliphatic heterocycles. The minimum absolute atomic E-state index is 0.0421. The van der Waals surface area contributed by atoms with E-state index in [1.807, 2.05) is 6.92 Å². The quantitative estimate of drug-likeness (QED) is 0.728. The molecule has 82 valence electrons. The van der Waals surface area contributed by atoms with E-state index in [-0.39, 0.29) is 18.8 Å². The van der Waals surface area contributed by atoms with Crippen LogP contribution in [0.4, 0.5) is 0 Å². The first-order chi connectivity index (χ1) is 7.27. The molecule has 3 heteroatoms. The average Bonchev–Trinajstić information content (AvgIpc) is 2.27. The second-order valence-corrected chi connectivity index (χ2v) is 3.27. The molecule has 0 radical (unpaired) electrons. The molecule has 0 unspecified atom stereocenters. The van der Waals surface area contributed by atoms with Crippen LogP contribution in [0.15, 0.2) is 24.3 Å². The van der Waals surface area contributed by atoms with Gasteiger partial charge in [-0.15, -0.1) is 0 Å². The third kappa shape index (κ3) is 3.72. The first-order valence-electron chi connectivity index (χ1n) is 5.15. The minimum Gasteiger partial charge on any atom is -0.494 e. The fourth-order valence-corrected chi connectivity index (χ4v) is 1.20. The zero-order chi connectivity index (χ0) is 11.1. The Kier molecular flexibility index (Phi) is 4.84. The number of carbonyl (C=O) groups excluding carboxylic acids is 1. The zero-order valence-corrected chi connectivity index (χ0v) is 8.90. The van der Waals surface area contributed by atoms with E-state index in [1.165, 1.54) is 0 Å². The number of hydrogen-bond donors (Lipinski definition) is 1. The van der Waals surface area contributed by atoms with Crippen molar-refractivity contribution < 1.29 is 14.6 Å². The summed E-state index contributed by atoms with van der Waals surface area (Å²) in [5.74, 6) is 0.733. The molecule has 15 heavy (non-hydrogen) atoms. The van der Waals surface area contributed by atoms with Crippen molar-refractivity contribution in [1.29, 1.82) is 0 Å². The number of rotatable bonds is 6. The van der Waals surface area contributed by atoms with E-state index in [4.69, 9.17) is 9.84 Å². The predicted molar refractivity (Wildman–Crippen MR) is 58.3 cm³/mol. The lowest BCUT2D eigenvalue weighted by atomic mass is 10.1.